The molecule has 1 amide bonds. The molecule has 1 unspecified atom stereocenters. The minimum Gasteiger partial charge on any atom is -0.480 e. The molecule has 1 aliphatic carbocycles. The molecule has 0 aromatic heterocycles. The highest BCUT2D eigenvalue weighted by molar-refractivity contribution is 5.95. The lowest BCUT2D eigenvalue weighted by Gasteiger charge is -2.37. The average Bonchev–Trinajstić information content (AvgIpc) is 2.96. The van der Waals surface area contributed by atoms with Crippen LogP contribution in [0.4, 0.5) is 10.5 Å². The standard InChI is InChI=1S/C18H25NO4/c1-18(2,3)15(16(20)21)19(13-9-5-4-6-10-13)17(22)23-14-11-7-8-12-14/h4-6,9-10,14-15H,7-8,11-12H2,1-3H3,(H,20,21). The van der Waals surface area contributed by atoms with Crippen LogP contribution in [0.5, 0.6) is 0 Å². The second kappa shape index (κ2) is 7.02. The highest BCUT2D eigenvalue weighted by Crippen LogP contribution is 2.31. The third-order valence-corrected chi connectivity index (χ3v) is 4.11. The maximum atomic E-state index is 12.7. The van der Waals surface area contributed by atoms with E-state index >= 15 is 0 Å². The SMILES string of the molecule is CC(C)(C)C(C(=O)O)N(C(=O)OC1CCCC1)c1ccccc1. The molecule has 0 radical (unpaired) electrons. The van der Waals surface area contributed by atoms with Crippen molar-refractivity contribution in [2.45, 2.75) is 58.6 Å². The molecular formula is C18H25NO4. The summed E-state index contributed by atoms with van der Waals surface area (Å²) in [5, 5.41) is 9.70. The molecule has 0 spiro atoms. The highest BCUT2D eigenvalue weighted by atomic mass is 16.6. The lowest BCUT2D eigenvalue weighted by atomic mass is 9.85. The lowest BCUT2D eigenvalue weighted by molar-refractivity contribution is -0.141. The molecule has 0 bridgehead atoms. The first-order chi connectivity index (χ1) is 10.8. The highest BCUT2D eigenvalue weighted by Gasteiger charge is 2.41. The summed E-state index contributed by atoms with van der Waals surface area (Å²) in [5.41, 5.74) is -0.0890. The molecule has 1 aliphatic rings. The monoisotopic (exact) mass is 319 g/mol. The number of aliphatic carboxylic acids is 1. The van der Waals surface area contributed by atoms with E-state index in [1.807, 2.05) is 26.8 Å². The number of carbonyl (C=O) groups is 2. The van der Waals surface area contributed by atoms with Gasteiger partial charge in [0.2, 0.25) is 0 Å². The zero-order valence-electron chi connectivity index (χ0n) is 14.0. The Kier molecular flexibility index (Phi) is 5.29. The predicted octanol–water partition coefficient (Wildman–Crippen LogP) is 4.07. The topological polar surface area (TPSA) is 66.8 Å². The first-order valence-corrected chi connectivity index (χ1v) is 8.08. The van der Waals surface area contributed by atoms with E-state index in [0.717, 1.165) is 25.7 Å². The fraction of sp³-hybridized carbons (Fsp3) is 0.556. The summed E-state index contributed by atoms with van der Waals surface area (Å²) in [5.74, 6) is -1.04. The fourth-order valence-corrected chi connectivity index (χ4v) is 3.02. The Hall–Kier alpha value is -2.04. The number of carboxylic acid groups (broad SMARTS) is 1. The number of hydrogen-bond donors (Lipinski definition) is 1. The Balaban J connectivity index is 2.34. The number of carbonyl (C=O) groups excluding carboxylic acids is 1. The molecule has 2 rings (SSSR count). The van der Waals surface area contributed by atoms with E-state index in [9.17, 15) is 14.7 Å². The van der Waals surface area contributed by atoms with Gasteiger partial charge in [0.15, 0.2) is 0 Å². The van der Waals surface area contributed by atoms with Crippen LogP contribution in [-0.2, 0) is 9.53 Å². The molecule has 1 N–H and O–H groups in total. The second-order valence-electron chi connectivity index (χ2n) is 7.10. The van der Waals surface area contributed by atoms with E-state index in [0.29, 0.717) is 5.69 Å². The Morgan fingerprint density at radius 3 is 2.22 bits per heavy atom. The second-order valence-corrected chi connectivity index (χ2v) is 7.10. The van der Waals surface area contributed by atoms with E-state index in [4.69, 9.17) is 4.74 Å². The molecule has 0 saturated heterocycles. The van der Waals surface area contributed by atoms with Gasteiger partial charge < -0.3 is 9.84 Å². The number of anilines is 1. The van der Waals surface area contributed by atoms with Gasteiger partial charge in [-0.05, 0) is 43.2 Å². The number of nitrogens with zero attached hydrogens (tertiary/aromatic N) is 1. The van der Waals surface area contributed by atoms with Crippen LogP contribution in [0.15, 0.2) is 30.3 Å². The maximum absolute atomic E-state index is 12.7. The summed E-state index contributed by atoms with van der Waals surface area (Å²) in [6.45, 7) is 5.43. The summed E-state index contributed by atoms with van der Waals surface area (Å²) >= 11 is 0. The summed E-state index contributed by atoms with van der Waals surface area (Å²) < 4.78 is 5.58. The van der Waals surface area contributed by atoms with Crippen molar-refractivity contribution in [3.8, 4) is 0 Å². The third kappa shape index (κ3) is 4.24. The largest absolute Gasteiger partial charge is 0.480 e. The van der Waals surface area contributed by atoms with Gasteiger partial charge >= 0.3 is 12.1 Å². The Morgan fingerprint density at radius 1 is 1.17 bits per heavy atom. The molecule has 1 atom stereocenters. The Morgan fingerprint density at radius 2 is 1.74 bits per heavy atom. The number of rotatable bonds is 4. The molecule has 23 heavy (non-hydrogen) atoms. The molecule has 1 fully saturated rings. The molecule has 0 aliphatic heterocycles. The van der Waals surface area contributed by atoms with Crippen molar-refractivity contribution >= 4 is 17.7 Å². The van der Waals surface area contributed by atoms with Crippen molar-refractivity contribution in [3.05, 3.63) is 30.3 Å². The van der Waals surface area contributed by atoms with E-state index in [1.165, 1.54) is 4.90 Å². The summed E-state index contributed by atoms with van der Waals surface area (Å²) in [7, 11) is 0. The smallest absolute Gasteiger partial charge is 0.415 e. The quantitative estimate of drug-likeness (QED) is 0.908. The van der Waals surface area contributed by atoms with Gasteiger partial charge in [-0.3, -0.25) is 4.90 Å². The molecular weight excluding hydrogens is 294 g/mol. The van der Waals surface area contributed by atoms with Gasteiger partial charge in [0.1, 0.15) is 12.1 Å². The van der Waals surface area contributed by atoms with Crippen LogP contribution in [0, 0.1) is 5.41 Å². The number of amides is 1. The number of para-hydroxylation sites is 1. The van der Waals surface area contributed by atoms with Crippen molar-refractivity contribution in [1.29, 1.82) is 0 Å². The summed E-state index contributed by atoms with van der Waals surface area (Å²) in [6.07, 6.45) is 3.10. The number of carboxylic acids is 1. The van der Waals surface area contributed by atoms with Crippen LogP contribution < -0.4 is 4.90 Å². The molecule has 126 valence electrons. The van der Waals surface area contributed by atoms with E-state index < -0.39 is 23.5 Å². The van der Waals surface area contributed by atoms with Crippen LogP contribution in [0.1, 0.15) is 46.5 Å². The van der Waals surface area contributed by atoms with Crippen LogP contribution in [-0.4, -0.2) is 29.3 Å². The third-order valence-electron chi connectivity index (χ3n) is 4.11. The maximum Gasteiger partial charge on any atom is 0.415 e. The van der Waals surface area contributed by atoms with Crippen molar-refractivity contribution in [1.82, 2.24) is 0 Å². The van der Waals surface area contributed by atoms with Crippen LogP contribution in [0.25, 0.3) is 0 Å². The molecule has 5 nitrogen and oxygen atoms in total. The van der Waals surface area contributed by atoms with E-state index in [-0.39, 0.29) is 6.10 Å². The fourth-order valence-electron chi connectivity index (χ4n) is 3.02. The molecule has 1 aromatic rings. The first kappa shape index (κ1) is 17.3. The molecule has 5 heteroatoms. The van der Waals surface area contributed by atoms with Gasteiger partial charge in [-0.2, -0.15) is 0 Å². The minimum atomic E-state index is -1.04. The summed E-state index contributed by atoms with van der Waals surface area (Å²) in [4.78, 5) is 25.9. The van der Waals surface area contributed by atoms with Gasteiger partial charge in [0.05, 0.1) is 0 Å². The Bertz CT molecular complexity index is 544. The first-order valence-electron chi connectivity index (χ1n) is 8.08. The molecule has 0 heterocycles. The van der Waals surface area contributed by atoms with Crippen LogP contribution >= 0.6 is 0 Å². The van der Waals surface area contributed by atoms with Crippen LogP contribution in [0.3, 0.4) is 0 Å². The summed E-state index contributed by atoms with van der Waals surface area (Å²) in [6, 6.07) is 7.87. The van der Waals surface area contributed by atoms with Gasteiger partial charge in [0, 0.05) is 5.69 Å². The Labute approximate surface area is 137 Å². The van der Waals surface area contributed by atoms with E-state index in [2.05, 4.69) is 0 Å². The normalized spacial score (nSPS) is 16.8. The van der Waals surface area contributed by atoms with Crippen molar-refractivity contribution in [2.24, 2.45) is 5.41 Å². The van der Waals surface area contributed by atoms with Gasteiger partial charge in [-0.1, -0.05) is 39.0 Å². The van der Waals surface area contributed by atoms with Crippen molar-refractivity contribution in [3.63, 3.8) is 0 Å². The van der Waals surface area contributed by atoms with Gasteiger partial charge in [-0.25, -0.2) is 9.59 Å². The minimum absolute atomic E-state index is 0.108. The van der Waals surface area contributed by atoms with Gasteiger partial charge in [0.25, 0.3) is 0 Å². The zero-order valence-corrected chi connectivity index (χ0v) is 14.0. The molecule has 1 saturated carbocycles. The molecule has 1 aromatic carbocycles. The average molecular weight is 319 g/mol. The van der Waals surface area contributed by atoms with Crippen molar-refractivity contribution in [2.75, 3.05) is 4.90 Å². The van der Waals surface area contributed by atoms with Crippen LogP contribution in [0.2, 0.25) is 0 Å². The van der Waals surface area contributed by atoms with Gasteiger partial charge in [-0.15, -0.1) is 0 Å². The number of ether oxygens (including phenoxy) is 1. The predicted molar refractivity (Wildman–Crippen MR) is 88.5 cm³/mol. The lowest BCUT2D eigenvalue weighted by Crippen LogP contribution is -2.53. The zero-order chi connectivity index (χ0) is 17.0. The number of hydrogen-bond acceptors (Lipinski definition) is 3. The number of benzene rings is 1. The van der Waals surface area contributed by atoms with Crippen molar-refractivity contribution < 1.29 is 19.4 Å². The van der Waals surface area contributed by atoms with E-state index in [1.54, 1.807) is 24.3 Å².